The van der Waals surface area contributed by atoms with Crippen LogP contribution in [0.3, 0.4) is 0 Å². The van der Waals surface area contributed by atoms with Crippen LogP contribution in [0.1, 0.15) is 23.5 Å². The van der Waals surface area contributed by atoms with Gasteiger partial charge in [0.05, 0.1) is 17.3 Å². The highest BCUT2D eigenvalue weighted by molar-refractivity contribution is 5.96. The molecule has 0 aliphatic carbocycles. The highest BCUT2D eigenvalue weighted by Crippen LogP contribution is 2.21. The maximum atomic E-state index is 12.6. The Morgan fingerprint density at radius 2 is 1.81 bits per heavy atom. The zero-order chi connectivity index (χ0) is 23.7. The number of carbonyl (C=O) groups is 3. The predicted molar refractivity (Wildman–Crippen MR) is 116 cm³/mol. The lowest BCUT2D eigenvalue weighted by Gasteiger charge is -2.18. The largest absolute Gasteiger partial charge is 0.481 e. The molecule has 1 unspecified atom stereocenters. The molecule has 7 N–H and O–H groups in total. The molecule has 0 saturated heterocycles. The third-order valence-corrected chi connectivity index (χ3v) is 4.36. The van der Waals surface area contributed by atoms with Crippen molar-refractivity contribution in [2.75, 3.05) is 18.4 Å². The maximum Gasteiger partial charge on any atom is 0.319 e. The molecule has 12 heteroatoms. The number of non-ortho nitro benzene ring substituents is 1. The molecule has 3 amide bonds. The Morgan fingerprint density at radius 1 is 1.12 bits per heavy atom. The van der Waals surface area contributed by atoms with Gasteiger partial charge in [-0.15, -0.1) is 0 Å². The number of benzene rings is 2. The van der Waals surface area contributed by atoms with Gasteiger partial charge in [0.15, 0.2) is 0 Å². The first kappa shape index (κ1) is 23.8. The zero-order valence-corrected chi connectivity index (χ0v) is 16.8. The minimum atomic E-state index is -1.09. The maximum absolute atomic E-state index is 12.6. The van der Waals surface area contributed by atoms with E-state index in [0.717, 1.165) is 0 Å². The van der Waals surface area contributed by atoms with Gasteiger partial charge in [0.2, 0.25) is 5.91 Å². The minimum absolute atomic E-state index is 0.116. The number of nitrogens with two attached hydrogens (primary N) is 1. The van der Waals surface area contributed by atoms with Gasteiger partial charge in [0, 0.05) is 36.5 Å². The van der Waals surface area contributed by atoms with E-state index in [0.29, 0.717) is 11.3 Å². The lowest BCUT2D eigenvalue weighted by molar-refractivity contribution is -0.384. The van der Waals surface area contributed by atoms with Crippen molar-refractivity contribution in [3.63, 3.8) is 0 Å². The van der Waals surface area contributed by atoms with Crippen molar-refractivity contribution < 1.29 is 24.4 Å². The van der Waals surface area contributed by atoms with Crippen LogP contribution in [-0.4, -0.2) is 46.9 Å². The number of hydrogen-bond donors (Lipinski definition) is 6. The third kappa shape index (κ3) is 7.09. The first-order chi connectivity index (χ1) is 15.2. The Bertz CT molecular complexity index is 1020. The van der Waals surface area contributed by atoms with Crippen molar-refractivity contribution in [3.05, 3.63) is 69.8 Å². The van der Waals surface area contributed by atoms with Crippen LogP contribution in [0, 0.1) is 15.5 Å². The number of nitro groups is 1. The second kappa shape index (κ2) is 11.1. The summed E-state index contributed by atoms with van der Waals surface area (Å²) in [6.07, 6.45) is -0.294. The molecule has 2 rings (SSSR count). The van der Waals surface area contributed by atoms with Gasteiger partial charge in [-0.05, 0) is 29.8 Å². The summed E-state index contributed by atoms with van der Waals surface area (Å²) in [5.41, 5.74) is 6.36. The summed E-state index contributed by atoms with van der Waals surface area (Å²) in [5, 5.41) is 34.7. The molecule has 1 atom stereocenters. The molecule has 0 spiro atoms. The van der Waals surface area contributed by atoms with Gasteiger partial charge in [0.1, 0.15) is 5.84 Å². The van der Waals surface area contributed by atoms with E-state index in [9.17, 15) is 24.5 Å². The van der Waals surface area contributed by atoms with Gasteiger partial charge in [-0.3, -0.25) is 25.1 Å². The number of nitrogens with one attached hydrogen (secondary N) is 4. The number of carbonyl (C=O) groups excluding carboxylic acids is 2. The Labute approximate surface area is 182 Å². The van der Waals surface area contributed by atoms with E-state index in [2.05, 4.69) is 16.0 Å². The number of rotatable bonds is 10. The Kier molecular flexibility index (Phi) is 8.22. The van der Waals surface area contributed by atoms with Gasteiger partial charge in [0.25, 0.3) is 5.69 Å². The van der Waals surface area contributed by atoms with E-state index in [1.807, 2.05) is 0 Å². The molecular weight excluding hydrogens is 420 g/mol. The van der Waals surface area contributed by atoms with Crippen molar-refractivity contribution in [2.45, 2.75) is 12.3 Å². The number of anilines is 1. The lowest BCUT2D eigenvalue weighted by atomic mass is 9.97. The second-order valence-electron chi connectivity index (χ2n) is 6.67. The third-order valence-electron chi connectivity index (χ3n) is 4.36. The fraction of sp³-hybridized carbons (Fsp3) is 0.200. The average Bonchev–Trinajstić information content (AvgIpc) is 2.74. The predicted octanol–water partition coefficient (Wildman–Crippen LogP) is 1.38. The Balaban J connectivity index is 2.09. The molecule has 32 heavy (non-hydrogen) atoms. The molecule has 0 bridgehead atoms. The number of urea groups is 1. The number of hydrogen-bond acceptors (Lipinski definition) is 6. The summed E-state index contributed by atoms with van der Waals surface area (Å²) in [6.45, 7) is -0.328. The molecule has 2 aromatic carbocycles. The van der Waals surface area contributed by atoms with Crippen molar-refractivity contribution in [1.29, 1.82) is 5.41 Å². The zero-order valence-electron chi connectivity index (χ0n) is 16.8. The van der Waals surface area contributed by atoms with Crippen LogP contribution >= 0.6 is 0 Å². The van der Waals surface area contributed by atoms with Crippen LogP contribution in [0.25, 0.3) is 0 Å². The Morgan fingerprint density at radius 3 is 2.41 bits per heavy atom. The monoisotopic (exact) mass is 442 g/mol. The van der Waals surface area contributed by atoms with E-state index in [1.54, 1.807) is 24.3 Å². The number of nitro benzene ring substituents is 1. The summed E-state index contributed by atoms with van der Waals surface area (Å²) in [4.78, 5) is 46.0. The van der Waals surface area contributed by atoms with E-state index in [4.69, 9.17) is 16.2 Å². The lowest BCUT2D eigenvalue weighted by Crippen LogP contribution is -2.39. The van der Waals surface area contributed by atoms with Gasteiger partial charge < -0.3 is 26.8 Å². The van der Waals surface area contributed by atoms with E-state index in [-0.39, 0.29) is 36.6 Å². The standard InChI is InChI=1S/C20H22N6O6/c21-18(22)12-4-6-14(7-5-12)25-20(30)24-11-16(19(29)23-9-8-17(27)28)13-2-1-3-15(10-13)26(31)32/h1-7,10,16H,8-9,11H2,(H3,21,22)(H,23,29)(H,27,28)(H2,24,25,30). The van der Waals surface area contributed by atoms with Crippen LogP contribution in [0.4, 0.5) is 16.2 Å². The molecule has 0 aromatic heterocycles. The molecule has 0 heterocycles. The van der Waals surface area contributed by atoms with Crippen molar-refractivity contribution >= 4 is 35.1 Å². The number of amidine groups is 1. The van der Waals surface area contributed by atoms with Gasteiger partial charge in [-0.1, -0.05) is 12.1 Å². The highest BCUT2D eigenvalue weighted by Gasteiger charge is 2.23. The summed E-state index contributed by atoms with van der Waals surface area (Å²) in [6, 6.07) is 11.0. The summed E-state index contributed by atoms with van der Waals surface area (Å²) in [5.74, 6) is -2.78. The fourth-order valence-corrected chi connectivity index (χ4v) is 2.74. The van der Waals surface area contributed by atoms with Gasteiger partial charge in [-0.25, -0.2) is 4.79 Å². The van der Waals surface area contributed by atoms with Crippen LogP contribution in [0.2, 0.25) is 0 Å². The molecule has 0 aliphatic heterocycles. The number of carboxylic acid groups (broad SMARTS) is 1. The van der Waals surface area contributed by atoms with E-state index < -0.39 is 28.7 Å². The first-order valence-electron chi connectivity index (χ1n) is 9.40. The van der Waals surface area contributed by atoms with E-state index >= 15 is 0 Å². The molecule has 0 fully saturated rings. The second-order valence-corrected chi connectivity index (χ2v) is 6.67. The summed E-state index contributed by atoms with van der Waals surface area (Å²) in [7, 11) is 0. The number of nitrogens with zero attached hydrogens (tertiary/aromatic N) is 1. The summed E-state index contributed by atoms with van der Waals surface area (Å²) >= 11 is 0. The molecular formula is C20H22N6O6. The van der Waals surface area contributed by atoms with E-state index in [1.165, 1.54) is 24.3 Å². The molecule has 168 valence electrons. The number of amides is 3. The SMILES string of the molecule is N=C(N)c1ccc(NC(=O)NCC(C(=O)NCCC(=O)O)c2cccc([N+](=O)[O-])c2)cc1. The average molecular weight is 442 g/mol. The number of aliphatic carboxylic acids is 1. The smallest absolute Gasteiger partial charge is 0.319 e. The van der Waals surface area contributed by atoms with Crippen LogP contribution < -0.4 is 21.7 Å². The number of nitrogen functional groups attached to an aromatic ring is 1. The first-order valence-corrected chi connectivity index (χ1v) is 9.40. The van der Waals surface area contributed by atoms with Crippen molar-refractivity contribution in [2.24, 2.45) is 5.73 Å². The van der Waals surface area contributed by atoms with Gasteiger partial charge in [-0.2, -0.15) is 0 Å². The normalized spacial score (nSPS) is 11.1. The van der Waals surface area contributed by atoms with Crippen molar-refractivity contribution in [3.8, 4) is 0 Å². The molecule has 0 saturated carbocycles. The van der Waals surface area contributed by atoms with Crippen LogP contribution in [-0.2, 0) is 9.59 Å². The quantitative estimate of drug-likeness (QED) is 0.138. The van der Waals surface area contributed by atoms with Crippen LogP contribution in [0.15, 0.2) is 48.5 Å². The Hall–Kier alpha value is -4.48. The number of carboxylic acids is 1. The molecule has 0 aliphatic rings. The van der Waals surface area contributed by atoms with Gasteiger partial charge >= 0.3 is 12.0 Å². The molecule has 2 aromatic rings. The highest BCUT2D eigenvalue weighted by atomic mass is 16.6. The topological polar surface area (TPSA) is 201 Å². The fourth-order valence-electron chi connectivity index (χ4n) is 2.74. The van der Waals surface area contributed by atoms with Crippen LogP contribution in [0.5, 0.6) is 0 Å². The van der Waals surface area contributed by atoms with Crippen molar-refractivity contribution in [1.82, 2.24) is 10.6 Å². The molecule has 12 nitrogen and oxygen atoms in total. The summed E-state index contributed by atoms with van der Waals surface area (Å²) < 4.78 is 0. The molecule has 0 radical (unpaired) electrons. The minimum Gasteiger partial charge on any atom is -0.481 e.